The van der Waals surface area contributed by atoms with Crippen LogP contribution in [0.5, 0.6) is 0 Å². The van der Waals surface area contributed by atoms with Gasteiger partial charge in [0.25, 0.3) is 0 Å². The first kappa shape index (κ1) is 13.8. The van der Waals surface area contributed by atoms with Crippen LogP contribution in [0.2, 0.25) is 0 Å². The topological polar surface area (TPSA) is 72.8 Å². The molecule has 0 bridgehead atoms. The molecule has 0 radical (unpaired) electrons. The van der Waals surface area contributed by atoms with Crippen LogP contribution < -0.4 is 4.90 Å². The maximum Gasteiger partial charge on any atom is 0.227 e. The molecule has 1 amide bonds. The summed E-state index contributed by atoms with van der Waals surface area (Å²) in [4.78, 5) is 20.7. The van der Waals surface area contributed by atoms with Crippen molar-refractivity contribution in [1.29, 1.82) is 5.26 Å². The van der Waals surface area contributed by atoms with Gasteiger partial charge in [0, 0.05) is 32.1 Å². The van der Waals surface area contributed by atoms with Crippen LogP contribution in [-0.4, -0.2) is 22.9 Å². The Morgan fingerprint density at radius 2 is 2.30 bits per heavy atom. The smallest absolute Gasteiger partial charge is 0.227 e. The van der Waals surface area contributed by atoms with Crippen molar-refractivity contribution < 1.29 is 4.79 Å². The van der Waals surface area contributed by atoms with Gasteiger partial charge in [0.15, 0.2) is 0 Å². The summed E-state index contributed by atoms with van der Waals surface area (Å²) in [7, 11) is 1.70. The zero-order valence-corrected chi connectivity index (χ0v) is 11.3. The van der Waals surface area contributed by atoms with Gasteiger partial charge >= 0.3 is 0 Å². The molecule has 0 aliphatic carbocycles. The Kier molecular flexibility index (Phi) is 4.51. The van der Waals surface area contributed by atoms with Crippen LogP contribution in [0.15, 0.2) is 36.8 Å². The van der Waals surface area contributed by atoms with E-state index in [0.29, 0.717) is 17.8 Å². The number of carbonyl (C=O) groups excluding carboxylic acids is 1. The molecule has 0 fully saturated rings. The number of nitriles is 1. The van der Waals surface area contributed by atoms with Gasteiger partial charge < -0.3 is 4.98 Å². The lowest BCUT2D eigenvalue weighted by Crippen LogP contribution is -2.26. The Balaban J connectivity index is 1.86. The van der Waals surface area contributed by atoms with Gasteiger partial charge in [-0.1, -0.05) is 0 Å². The lowest BCUT2D eigenvalue weighted by molar-refractivity contribution is -0.118. The van der Waals surface area contributed by atoms with Crippen molar-refractivity contribution in [1.82, 2.24) is 9.97 Å². The number of hydrogen-bond acceptors (Lipinski definition) is 3. The number of nitrogens with zero attached hydrogens (tertiary/aromatic N) is 3. The molecule has 0 atom stereocenters. The molecule has 5 heteroatoms. The highest BCUT2D eigenvalue weighted by atomic mass is 16.2. The third-order valence-corrected chi connectivity index (χ3v) is 3.11. The largest absolute Gasteiger partial charge is 0.367 e. The molecule has 2 aromatic rings. The maximum absolute atomic E-state index is 12.0. The molecule has 0 spiro atoms. The number of hydrogen-bond donors (Lipinski definition) is 1. The Morgan fingerprint density at radius 3 is 2.90 bits per heavy atom. The molecule has 102 valence electrons. The molecular formula is C15H16N4O. The molecule has 5 nitrogen and oxygen atoms in total. The van der Waals surface area contributed by atoms with Gasteiger partial charge in [-0.25, -0.2) is 4.98 Å². The minimum Gasteiger partial charge on any atom is -0.367 e. The summed E-state index contributed by atoms with van der Waals surface area (Å²) < 4.78 is 0. The normalized spacial score (nSPS) is 10.0. The summed E-state index contributed by atoms with van der Waals surface area (Å²) in [6.07, 6.45) is 7.45. The summed E-state index contributed by atoms with van der Waals surface area (Å²) in [6, 6.07) is 7.36. The van der Waals surface area contributed by atoms with Crippen LogP contribution in [0.4, 0.5) is 5.82 Å². The molecule has 2 heterocycles. The van der Waals surface area contributed by atoms with Gasteiger partial charge in [0.1, 0.15) is 11.9 Å². The lowest BCUT2D eigenvalue weighted by Gasteiger charge is -2.15. The average molecular weight is 268 g/mol. The molecule has 2 aromatic heterocycles. The van der Waals surface area contributed by atoms with E-state index >= 15 is 0 Å². The van der Waals surface area contributed by atoms with E-state index in [9.17, 15) is 4.79 Å². The number of amides is 1. The number of anilines is 1. The van der Waals surface area contributed by atoms with Gasteiger partial charge in [0.2, 0.25) is 5.91 Å². The van der Waals surface area contributed by atoms with E-state index in [-0.39, 0.29) is 5.91 Å². The summed E-state index contributed by atoms with van der Waals surface area (Å²) in [6.45, 7) is 0. The molecule has 1 N–H and O–H groups in total. The van der Waals surface area contributed by atoms with Crippen molar-refractivity contribution >= 4 is 11.7 Å². The Hall–Kier alpha value is -2.61. The van der Waals surface area contributed by atoms with Crippen LogP contribution in [-0.2, 0) is 11.2 Å². The van der Waals surface area contributed by atoms with Crippen LogP contribution in [0.1, 0.15) is 24.0 Å². The lowest BCUT2D eigenvalue weighted by atomic mass is 10.1. The number of nitrogens with one attached hydrogen (secondary N) is 1. The standard InChI is InChI=1S/C15H16N4O/c1-19(14-6-5-13(9-16)11-18-14)15(20)4-2-3-12-7-8-17-10-12/h5-8,10-11,17H,2-4H2,1H3. The van der Waals surface area contributed by atoms with Crippen LogP contribution in [0.25, 0.3) is 0 Å². The molecular weight excluding hydrogens is 252 g/mol. The predicted molar refractivity (Wildman–Crippen MR) is 76.1 cm³/mol. The zero-order chi connectivity index (χ0) is 14.4. The number of carbonyl (C=O) groups is 1. The van der Waals surface area contributed by atoms with Gasteiger partial charge in [-0.3, -0.25) is 9.69 Å². The third-order valence-electron chi connectivity index (χ3n) is 3.11. The molecule has 0 unspecified atom stereocenters. The fourth-order valence-electron chi connectivity index (χ4n) is 1.90. The molecule has 2 rings (SSSR count). The fraction of sp³-hybridized carbons (Fsp3) is 0.267. The fourth-order valence-corrected chi connectivity index (χ4v) is 1.90. The summed E-state index contributed by atoms with van der Waals surface area (Å²) >= 11 is 0. The first-order valence-electron chi connectivity index (χ1n) is 6.45. The summed E-state index contributed by atoms with van der Waals surface area (Å²) in [5, 5.41) is 8.71. The number of aromatic amines is 1. The first-order chi connectivity index (χ1) is 9.70. The third kappa shape index (κ3) is 3.45. The molecule has 0 saturated carbocycles. The summed E-state index contributed by atoms with van der Waals surface area (Å²) in [5.41, 5.74) is 1.69. The van der Waals surface area contributed by atoms with Crippen LogP contribution in [0, 0.1) is 11.3 Å². The number of aromatic nitrogens is 2. The number of rotatable bonds is 5. The van der Waals surface area contributed by atoms with E-state index < -0.39 is 0 Å². The van der Waals surface area contributed by atoms with E-state index in [0.717, 1.165) is 12.8 Å². The van der Waals surface area contributed by atoms with E-state index in [1.807, 2.05) is 24.5 Å². The Bertz CT molecular complexity index is 596. The van der Waals surface area contributed by atoms with Gasteiger partial charge in [-0.05, 0) is 36.6 Å². The number of pyridine rings is 1. The van der Waals surface area contributed by atoms with E-state index in [1.165, 1.54) is 16.7 Å². The second-order valence-corrected chi connectivity index (χ2v) is 4.54. The molecule has 0 aliphatic heterocycles. The predicted octanol–water partition coefficient (Wildman–Crippen LogP) is 2.27. The highest BCUT2D eigenvalue weighted by Crippen LogP contribution is 2.12. The van der Waals surface area contributed by atoms with Crippen LogP contribution >= 0.6 is 0 Å². The van der Waals surface area contributed by atoms with Gasteiger partial charge in [0.05, 0.1) is 5.56 Å². The Morgan fingerprint density at radius 1 is 1.45 bits per heavy atom. The maximum atomic E-state index is 12.0. The second-order valence-electron chi connectivity index (χ2n) is 4.54. The van der Waals surface area contributed by atoms with E-state index in [2.05, 4.69) is 9.97 Å². The van der Waals surface area contributed by atoms with Gasteiger partial charge in [-0.2, -0.15) is 5.26 Å². The SMILES string of the molecule is CN(C(=O)CCCc1cc[nH]c1)c1ccc(C#N)cn1. The molecule has 0 saturated heterocycles. The van der Waals surface area contributed by atoms with Crippen molar-refractivity contribution in [3.8, 4) is 6.07 Å². The van der Waals surface area contributed by atoms with Crippen LogP contribution in [0.3, 0.4) is 0 Å². The van der Waals surface area contributed by atoms with Crippen molar-refractivity contribution in [3.05, 3.63) is 47.9 Å². The van der Waals surface area contributed by atoms with Gasteiger partial charge in [-0.15, -0.1) is 0 Å². The van der Waals surface area contributed by atoms with Crippen molar-refractivity contribution in [2.24, 2.45) is 0 Å². The van der Waals surface area contributed by atoms with E-state index in [1.54, 1.807) is 19.2 Å². The quantitative estimate of drug-likeness (QED) is 0.904. The Labute approximate surface area is 117 Å². The van der Waals surface area contributed by atoms with E-state index in [4.69, 9.17) is 5.26 Å². The van der Waals surface area contributed by atoms with Crippen molar-refractivity contribution in [3.63, 3.8) is 0 Å². The molecule has 0 aromatic carbocycles. The molecule has 0 aliphatic rings. The highest BCUT2D eigenvalue weighted by molar-refractivity contribution is 5.91. The van der Waals surface area contributed by atoms with Crippen molar-refractivity contribution in [2.75, 3.05) is 11.9 Å². The number of aryl methyl sites for hydroxylation is 1. The van der Waals surface area contributed by atoms with Crippen molar-refractivity contribution in [2.45, 2.75) is 19.3 Å². The summed E-state index contributed by atoms with van der Waals surface area (Å²) in [5.74, 6) is 0.591. The minimum atomic E-state index is 0.0257. The zero-order valence-electron chi connectivity index (χ0n) is 11.3. The molecule has 20 heavy (non-hydrogen) atoms. The monoisotopic (exact) mass is 268 g/mol. The first-order valence-corrected chi connectivity index (χ1v) is 6.45. The minimum absolute atomic E-state index is 0.0257. The number of H-pyrrole nitrogens is 1. The average Bonchev–Trinajstić information content (AvgIpc) is 2.99. The highest BCUT2D eigenvalue weighted by Gasteiger charge is 2.11. The second kappa shape index (κ2) is 6.53.